The van der Waals surface area contributed by atoms with E-state index in [1.54, 1.807) is 0 Å². The maximum Gasteiger partial charge on any atom is 0.417 e. The summed E-state index contributed by atoms with van der Waals surface area (Å²) in [4.78, 5) is 11.3. The van der Waals surface area contributed by atoms with E-state index < -0.39 is 17.3 Å². The van der Waals surface area contributed by atoms with Crippen LogP contribution in [0.3, 0.4) is 0 Å². The molecule has 0 radical (unpaired) electrons. The Morgan fingerprint density at radius 1 is 1.44 bits per heavy atom. The Bertz CT molecular complexity index is 413. The average Bonchev–Trinajstić information content (AvgIpc) is 2.19. The Hall–Kier alpha value is -0.780. The number of halogens is 4. The van der Waals surface area contributed by atoms with Crippen molar-refractivity contribution in [2.45, 2.75) is 19.6 Å². The molecule has 0 N–H and O–H groups in total. The first-order valence-corrected chi connectivity index (χ1v) is 5.80. The molecule has 0 spiro atoms. The Morgan fingerprint density at radius 3 is 2.56 bits per heavy atom. The second-order valence-electron chi connectivity index (χ2n) is 3.67. The third kappa shape index (κ3) is 3.37. The van der Waals surface area contributed by atoms with Gasteiger partial charge in [-0.3, -0.25) is 4.79 Å². The van der Waals surface area contributed by atoms with Crippen molar-refractivity contribution in [3.63, 3.8) is 0 Å². The van der Waals surface area contributed by atoms with Crippen LogP contribution in [0.15, 0.2) is 23.1 Å². The second-order valence-corrected chi connectivity index (χ2v) is 4.31. The van der Waals surface area contributed by atoms with E-state index in [0.29, 0.717) is 5.33 Å². The number of nitrogens with zero attached hydrogens (tertiary/aromatic N) is 1. The fourth-order valence-electron chi connectivity index (χ4n) is 1.23. The van der Waals surface area contributed by atoms with Crippen molar-refractivity contribution < 1.29 is 13.2 Å². The Kier molecular flexibility index (Phi) is 4.18. The molecular weight excluding hydrogens is 287 g/mol. The van der Waals surface area contributed by atoms with Gasteiger partial charge in [0.15, 0.2) is 0 Å². The summed E-state index contributed by atoms with van der Waals surface area (Å²) in [5.41, 5.74) is -1.21. The maximum absolute atomic E-state index is 12.4. The predicted molar refractivity (Wildman–Crippen MR) is 58.7 cm³/mol. The van der Waals surface area contributed by atoms with E-state index in [1.807, 2.05) is 6.92 Å². The molecule has 0 fully saturated rings. The predicted octanol–water partition coefficient (Wildman–Crippen LogP) is 2.90. The first-order chi connectivity index (χ1) is 7.34. The maximum atomic E-state index is 12.4. The van der Waals surface area contributed by atoms with Crippen LogP contribution in [-0.4, -0.2) is 9.90 Å². The summed E-state index contributed by atoms with van der Waals surface area (Å²) in [5.74, 6) is 0.0983. The van der Waals surface area contributed by atoms with Gasteiger partial charge in [-0.1, -0.05) is 22.9 Å². The zero-order valence-corrected chi connectivity index (χ0v) is 10.2. The van der Waals surface area contributed by atoms with Crippen molar-refractivity contribution >= 4 is 15.9 Å². The first-order valence-electron chi connectivity index (χ1n) is 4.68. The fraction of sp³-hybridized carbons (Fsp3) is 0.500. The molecule has 0 aliphatic carbocycles. The summed E-state index contributed by atoms with van der Waals surface area (Å²) >= 11 is 3.22. The summed E-state index contributed by atoms with van der Waals surface area (Å²) in [6, 6.07) is 1.75. The van der Waals surface area contributed by atoms with E-state index in [9.17, 15) is 18.0 Å². The standard InChI is InChI=1S/C10H11BrF3NO/c1-7(4-11)5-15-6-8(10(12,13)14)2-3-9(15)16/h2-3,6-7H,4-5H2,1H3. The van der Waals surface area contributed by atoms with Crippen LogP contribution in [0.5, 0.6) is 0 Å². The van der Waals surface area contributed by atoms with Crippen LogP contribution in [0.4, 0.5) is 13.2 Å². The van der Waals surface area contributed by atoms with Crippen molar-refractivity contribution in [1.29, 1.82) is 0 Å². The van der Waals surface area contributed by atoms with Gasteiger partial charge < -0.3 is 4.57 Å². The van der Waals surface area contributed by atoms with Crippen LogP contribution in [0.2, 0.25) is 0 Å². The van der Waals surface area contributed by atoms with Gasteiger partial charge in [0.2, 0.25) is 0 Å². The largest absolute Gasteiger partial charge is 0.417 e. The zero-order valence-electron chi connectivity index (χ0n) is 8.59. The molecular formula is C10H11BrF3NO. The van der Waals surface area contributed by atoms with Crippen molar-refractivity contribution in [3.05, 3.63) is 34.2 Å². The minimum absolute atomic E-state index is 0.0983. The summed E-state index contributed by atoms with van der Waals surface area (Å²) in [7, 11) is 0. The van der Waals surface area contributed by atoms with Gasteiger partial charge in [0.1, 0.15) is 0 Å². The lowest BCUT2D eigenvalue weighted by molar-refractivity contribution is -0.138. The molecule has 1 aromatic rings. The number of rotatable bonds is 3. The van der Waals surface area contributed by atoms with E-state index >= 15 is 0 Å². The van der Waals surface area contributed by atoms with Gasteiger partial charge in [-0.25, -0.2) is 0 Å². The summed E-state index contributed by atoms with van der Waals surface area (Å²) in [6.45, 7) is 2.12. The molecule has 0 saturated heterocycles. The number of hydrogen-bond donors (Lipinski definition) is 0. The van der Waals surface area contributed by atoms with E-state index in [-0.39, 0.29) is 12.5 Å². The Morgan fingerprint density at radius 2 is 2.06 bits per heavy atom. The van der Waals surface area contributed by atoms with Gasteiger partial charge in [0.05, 0.1) is 5.56 Å². The Labute approximate surface area is 99.2 Å². The van der Waals surface area contributed by atoms with E-state index in [1.165, 1.54) is 0 Å². The van der Waals surface area contributed by atoms with Crippen LogP contribution in [0.25, 0.3) is 0 Å². The lowest BCUT2D eigenvalue weighted by Crippen LogP contribution is -2.24. The zero-order chi connectivity index (χ0) is 12.3. The third-order valence-corrected chi connectivity index (χ3v) is 3.19. The molecule has 90 valence electrons. The Balaban J connectivity index is 3.05. The quantitative estimate of drug-likeness (QED) is 0.786. The topological polar surface area (TPSA) is 22.0 Å². The van der Waals surface area contributed by atoms with Crippen LogP contribution < -0.4 is 5.56 Å². The molecule has 16 heavy (non-hydrogen) atoms. The molecule has 0 saturated carbocycles. The van der Waals surface area contributed by atoms with Crippen LogP contribution in [-0.2, 0) is 12.7 Å². The number of aromatic nitrogens is 1. The molecule has 2 nitrogen and oxygen atoms in total. The molecule has 1 aromatic heterocycles. The highest BCUT2D eigenvalue weighted by Crippen LogP contribution is 2.28. The van der Waals surface area contributed by atoms with Gasteiger partial charge in [-0.15, -0.1) is 0 Å². The normalized spacial score (nSPS) is 13.8. The van der Waals surface area contributed by atoms with Crippen LogP contribution >= 0.6 is 15.9 Å². The highest BCUT2D eigenvalue weighted by molar-refractivity contribution is 9.09. The van der Waals surface area contributed by atoms with Gasteiger partial charge in [0, 0.05) is 24.1 Å². The molecule has 1 atom stereocenters. The number of pyridine rings is 1. The highest BCUT2D eigenvalue weighted by atomic mass is 79.9. The minimum Gasteiger partial charge on any atom is -0.315 e. The summed E-state index contributed by atoms with van der Waals surface area (Å²) < 4.78 is 38.3. The average molecular weight is 298 g/mol. The minimum atomic E-state index is -4.41. The van der Waals surface area contributed by atoms with Gasteiger partial charge in [-0.05, 0) is 12.0 Å². The van der Waals surface area contributed by atoms with Crippen molar-refractivity contribution in [2.75, 3.05) is 5.33 Å². The molecule has 0 aliphatic heterocycles. The van der Waals surface area contributed by atoms with E-state index in [2.05, 4.69) is 15.9 Å². The highest BCUT2D eigenvalue weighted by Gasteiger charge is 2.31. The van der Waals surface area contributed by atoms with Crippen molar-refractivity contribution in [1.82, 2.24) is 4.57 Å². The molecule has 0 amide bonds. The monoisotopic (exact) mass is 297 g/mol. The number of alkyl halides is 4. The fourth-order valence-corrected chi connectivity index (χ4v) is 1.43. The molecule has 1 heterocycles. The second kappa shape index (κ2) is 5.03. The molecule has 6 heteroatoms. The molecule has 0 bridgehead atoms. The SMILES string of the molecule is CC(CBr)Cn1cc(C(F)(F)F)ccc1=O. The first kappa shape index (κ1) is 13.3. The van der Waals surface area contributed by atoms with E-state index in [4.69, 9.17) is 0 Å². The third-order valence-electron chi connectivity index (χ3n) is 2.08. The van der Waals surface area contributed by atoms with Gasteiger partial charge in [0.25, 0.3) is 5.56 Å². The van der Waals surface area contributed by atoms with Crippen LogP contribution in [0, 0.1) is 5.92 Å². The smallest absolute Gasteiger partial charge is 0.315 e. The molecule has 0 aromatic carbocycles. The molecule has 1 unspecified atom stereocenters. The lowest BCUT2D eigenvalue weighted by atomic mass is 10.2. The summed E-state index contributed by atoms with van der Waals surface area (Å²) in [6.07, 6.45) is -3.55. The summed E-state index contributed by atoms with van der Waals surface area (Å²) in [5, 5.41) is 0.635. The van der Waals surface area contributed by atoms with E-state index in [0.717, 1.165) is 22.9 Å². The lowest BCUT2D eigenvalue weighted by Gasteiger charge is -2.13. The van der Waals surface area contributed by atoms with Crippen LogP contribution in [0.1, 0.15) is 12.5 Å². The number of hydrogen-bond acceptors (Lipinski definition) is 1. The molecule has 1 rings (SSSR count). The van der Waals surface area contributed by atoms with Crippen molar-refractivity contribution in [2.24, 2.45) is 5.92 Å². The molecule has 0 aliphatic rings. The van der Waals surface area contributed by atoms with Gasteiger partial charge in [-0.2, -0.15) is 13.2 Å². The van der Waals surface area contributed by atoms with Crippen molar-refractivity contribution in [3.8, 4) is 0 Å². The van der Waals surface area contributed by atoms with Gasteiger partial charge >= 0.3 is 6.18 Å².